The Morgan fingerprint density at radius 1 is 1.65 bits per heavy atom. The number of nitrogens with one attached hydrogen (secondary N) is 2. The summed E-state index contributed by atoms with van der Waals surface area (Å²) in [6, 6.07) is 3.09. The molecule has 0 aliphatic heterocycles. The molecule has 1 unspecified atom stereocenters. The highest BCUT2D eigenvalue weighted by molar-refractivity contribution is 5.91. The summed E-state index contributed by atoms with van der Waals surface area (Å²) in [5.41, 5.74) is 5.40. The van der Waals surface area contributed by atoms with Gasteiger partial charge < -0.3 is 20.5 Å². The average molecular weight is 234 g/mol. The van der Waals surface area contributed by atoms with Gasteiger partial charge in [-0.1, -0.05) is 0 Å². The molecule has 0 radical (unpaired) electrons. The highest BCUT2D eigenvalue weighted by Crippen LogP contribution is 2.10. The standard InChI is InChI=1S/C11H14N4O2/c1-7(10-13-4-5-14-10)15-11(16)9-3-2-8(6-12)17-9/h2-5,7H,6,12H2,1H3,(H,13,14)(H,15,16). The largest absolute Gasteiger partial charge is 0.455 e. The number of furan rings is 1. The summed E-state index contributed by atoms with van der Waals surface area (Å²) in [4.78, 5) is 18.8. The topological polar surface area (TPSA) is 96.9 Å². The van der Waals surface area contributed by atoms with Crippen molar-refractivity contribution in [2.75, 3.05) is 0 Å². The number of aromatic amines is 1. The van der Waals surface area contributed by atoms with E-state index >= 15 is 0 Å². The quantitative estimate of drug-likeness (QED) is 0.733. The SMILES string of the molecule is CC(NC(=O)c1ccc(CN)o1)c1ncc[nH]1. The fourth-order valence-electron chi connectivity index (χ4n) is 1.46. The number of H-pyrrole nitrogens is 1. The minimum atomic E-state index is -0.284. The molecular formula is C11H14N4O2. The summed E-state index contributed by atoms with van der Waals surface area (Å²) >= 11 is 0. The number of nitrogens with two attached hydrogens (primary N) is 1. The van der Waals surface area contributed by atoms with Gasteiger partial charge in [0.05, 0.1) is 12.6 Å². The zero-order valence-corrected chi connectivity index (χ0v) is 9.43. The lowest BCUT2D eigenvalue weighted by atomic mass is 10.3. The molecule has 0 saturated carbocycles. The number of carbonyl (C=O) groups excluding carboxylic acids is 1. The van der Waals surface area contributed by atoms with Crippen LogP contribution in [0, 0.1) is 0 Å². The number of nitrogens with zero attached hydrogens (tertiary/aromatic N) is 1. The lowest BCUT2D eigenvalue weighted by Gasteiger charge is -2.09. The number of aromatic nitrogens is 2. The third kappa shape index (κ3) is 2.54. The van der Waals surface area contributed by atoms with E-state index in [1.165, 1.54) is 0 Å². The van der Waals surface area contributed by atoms with E-state index in [1.54, 1.807) is 24.5 Å². The summed E-state index contributed by atoms with van der Waals surface area (Å²) in [5.74, 6) is 1.25. The van der Waals surface area contributed by atoms with Gasteiger partial charge in [-0.05, 0) is 19.1 Å². The van der Waals surface area contributed by atoms with Crippen molar-refractivity contribution >= 4 is 5.91 Å². The number of carbonyl (C=O) groups is 1. The molecule has 0 aliphatic rings. The molecule has 0 aromatic carbocycles. The number of rotatable bonds is 4. The lowest BCUT2D eigenvalue weighted by Crippen LogP contribution is -2.26. The fraction of sp³-hybridized carbons (Fsp3) is 0.273. The van der Waals surface area contributed by atoms with E-state index in [9.17, 15) is 4.79 Å². The van der Waals surface area contributed by atoms with Crippen LogP contribution in [0.3, 0.4) is 0 Å². The van der Waals surface area contributed by atoms with E-state index in [4.69, 9.17) is 10.2 Å². The molecule has 0 saturated heterocycles. The van der Waals surface area contributed by atoms with Gasteiger partial charge in [-0.2, -0.15) is 0 Å². The van der Waals surface area contributed by atoms with Crippen LogP contribution in [-0.2, 0) is 6.54 Å². The van der Waals surface area contributed by atoms with E-state index in [2.05, 4.69) is 15.3 Å². The molecule has 6 nitrogen and oxygen atoms in total. The van der Waals surface area contributed by atoms with E-state index in [0.29, 0.717) is 11.6 Å². The van der Waals surface area contributed by atoms with Crippen molar-refractivity contribution in [3.63, 3.8) is 0 Å². The second-order valence-electron chi connectivity index (χ2n) is 3.64. The van der Waals surface area contributed by atoms with E-state index < -0.39 is 0 Å². The minimum Gasteiger partial charge on any atom is -0.455 e. The molecule has 2 rings (SSSR count). The molecule has 0 fully saturated rings. The van der Waals surface area contributed by atoms with Crippen LogP contribution in [0.5, 0.6) is 0 Å². The molecule has 2 heterocycles. The molecule has 2 aromatic rings. The Hall–Kier alpha value is -2.08. The third-order valence-corrected chi connectivity index (χ3v) is 2.36. The normalized spacial score (nSPS) is 12.4. The van der Waals surface area contributed by atoms with Crippen LogP contribution in [0.25, 0.3) is 0 Å². The summed E-state index contributed by atoms with van der Waals surface area (Å²) in [7, 11) is 0. The predicted octanol–water partition coefficient (Wildman–Crippen LogP) is 0.952. The predicted molar refractivity (Wildman–Crippen MR) is 61.1 cm³/mol. The Bertz CT molecular complexity index is 489. The van der Waals surface area contributed by atoms with Crippen molar-refractivity contribution in [3.8, 4) is 0 Å². The third-order valence-electron chi connectivity index (χ3n) is 2.36. The second-order valence-corrected chi connectivity index (χ2v) is 3.64. The Morgan fingerprint density at radius 2 is 2.47 bits per heavy atom. The van der Waals surface area contributed by atoms with Gasteiger partial charge in [0.15, 0.2) is 5.76 Å². The highest BCUT2D eigenvalue weighted by atomic mass is 16.4. The Balaban J connectivity index is 2.01. The molecule has 17 heavy (non-hydrogen) atoms. The first kappa shape index (κ1) is 11.4. The zero-order valence-electron chi connectivity index (χ0n) is 9.43. The molecular weight excluding hydrogens is 220 g/mol. The number of amides is 1. The second kappa shape index (κ2) is 4.84. The van der Waals surface area contributed by atoms with Crippen molar-refractivity contribution in [3.05, 3.63) is 41.9 Å². The van der Waals surface area contributed by atoms with Gasteiger partial charge in [-0.25, -0.2) is 4.98 Å². The first-order valence-electron chi connectivity index (χ1n) is 5.29. The highest BCUT2D eigenvalue weighted by Gasteiger charge is 2.15. The molecule has 90 valence electrons. The van der Waals surface area contributed by atoms with Crippen molar-refractivity contribution in [2.24, 2.45) is 5.73 Å². The van der Waals surface area contributed by atoms with Gasteiger partial charge in [0.25, 0.3) is 5.91 Å². The summed E-state index contributed by atoms with van der Waals surface area (Å²) in [6.07, 6.45) is 3.34. The van der Waals surface area contributed by atoms with E-state index in [0.717, 1.165) is 0 Å². The minimum absolute atomic E-state index is 0.205. The Labute approximate surface area is 98.2 Å². The van der Waals surface area contributed by atoms with Crippen molar-refractivity contribution in [1.82, 2.24) is 15.3 Å². The molecule has 0 bridgehead atoms. The first-order chi connectivity index (χ1) is 8.20. The molecule has 6 heteroatoms. The maximum absolute atomic E-state index is 11.8. The number of hydrogen-bond acceptors (Lipinski definition) is 4. The smallest absolute Gasteiger partial charge is 0.287 e. The van der Waals surface area contributed by atoms with Gasteiger partial charge in [0, 0.05) is 12.4 Å². The van der Waals surface area contributed by atoms with Crippen molar-refractivity contribution in [2.45, 2.75) is 19.5 Å². The van der Waals surface area contributed by atoms with Crippen LogP contribution in [0.1, 0.15) is 35.1 Å². The Morgan fingerprint density at radius 3 is 3.06 bits per heavy atom. The van der Waals surface area contributed by atoms with E-state index in [-0.39, 0.29) is 24.3 Å². The summed E-state index contributed by atoms with van der Waals surface area (Å²) in [5, 5.41) is 2.77. The maximum Gasteiger partial charge on any atom is 0.287 e. The fourth-order valence-corrected chi connectivity index (χ4v) is 1.46. The van der Waals surface area contributed by atoms with Gasteiger partial charge in [-0.15, -0.1) is 0 Å². The first-order valence-corrected chi connectivity index (χ1v) is 5.29. The molecule has 1 amide bonds. The van der Waals surface area contributed by atoms with Crippen LogP contribution in [-0.4, -0.2) is 15.9 Å². The molecule has 0 aliphatic carbocycles. The number of hydrogen-bond donors (Lipinski definition) is 3. The van der Waals surface area contributed by atoms with Crippen molar-refractivity contribution in [1.29, 1.82) is 0 Å². The summed E-state index contributed by atoms with van der Waals surface area (Å²) in [6.45, 7) is 2.12. The summed E-state index contributed by atoms with van der Waals surface area (Å²) < 4.78 is 5.25. The van der Waals surface area contributed by atoms with Crippen LogP contribution in [0.15, 0.2) is 28.9 Å². The molecule has 0 spiro atoms. The molecule has 1 atom stereocenters. The maximum atomic E-state index is 11.8. The zero-order chi connectivity index (χ0) is 12.3. The lowest BCUT2D eigenvalue weighted by molar-refractivity contribution is 0.0908. The Kier molecular flexibility index (Phi) is 3.24. The molecule has 2 aromatic heterocycles. The van der Waals surface area contributed by atoms with Crippen LogP contribution < -0.4 is 11.1 Å². The monoisotopic (exact) mass is 234 g/mol. The molecule has 4 N–H and O–H groups in total. The van der Waals surface area contributed by atoms with Gasteiger partial charge >= 0.3 is 0 Å². The van der Waals surface area contributed by atoms with Crippen molar-refractivity contribution < 1.29 is 9.21 Å². The number of imidazole rings is 1. The van der Waals surface area contributed by atoms with E-state index in [1.807, 2.05) is 6.92 Å². The van der Waals surface area contributed by atoms with Gasteiger partial charge in [0.1, 0.15) is 11.6 Å². The van der Waals surface area contributed by atoms with Crippen LogP contribution in [0.4, 0.5) is 0 Å². The van der Waals surface area contributed by atoms with Crippen LogP contribution in [0.2, 0.25) is 0 Å². The van der Waals surface area contributed by atoms with Gasteiger partial charge in [-0.3, -0.25) is 4.79 Å². The van der Waals surface area contributed by atoms with Gasteiger partial charge in [0.2, 0.25) is 0 Å². The van der Waals surface area contributed by atoms with Crippen LogP contribution >= 0.6 is 0 Å². The average Bonchev–Trinajstić information content (AvgIpc) is 3.00.